The van der Waals surface area contributed by atoms with Gasteiger partial charge in [-0.1, -0.05) is 30.3 Å². The van der Waals surface area contributed by atoms with Crippen molar-refractivity contribution in [3.8, 4) is 0 Å². The van der Waals surface area contributed by atoms with Crippen LogP contribution in [0.3, 0.4) is 0 Å². The van der Waals surface area contributed by atoms with Gasteiger partial charge >= 0.3 is 0 Å². The maximum absolute atomic E-state index is 12.6. The Morgan fingerprint density at radius 3 is 2.60 bits per heavy atom. The number of amides is 2. The second kappa shape index (κ2) is 7.92. The van der Waals surface area contributed by atoms with Crippen LogP contribution in [0.2, 0.25) is 0 Å². The fourth-order valence-electron chi connectivity index (χ4n) is 3.21. The fourth-order valence-corrected chi connectivity index (χ4v) is 3.21. The first kappa shape index (κ1) is 17.1. The first-order chi connectivity index (χ1) is 12.1. The molecule has 3 rings (SSSR count). The van der Waals surface area contributed by atoms with E-state index in [2.05, 4.69) is 17.1 Å². The molecule has 1 aromatic heterocycles. The molecule has 1 fully saturated rings. The molecule has 0 aliphatic carbocycles. The van der Waals surface area contributed by atoms with E-state index in [1.54, 1.807) is 24.3 Å². The average molecular weight is 337 g/mol. The predicted octanol–water partition coefficient (Wildman–Crippen LogP) is 2.13. The van der Waals surface area contributed by atoms with Gasteiger partial charge in [0.25, 0.3) is 0 Å². The van der Waals surface area contributed by atoms with E-state index in [4.69, 9.17) is 0 Å². The Morgan fingerprint density at radius 2 is 1.88 bits per heavy atom. The summed E-state index contributed by atoms with van der Waals surface area (Å²) in [5.41, 5.74) is 2.25. The highest BCUT2D eigenvalue weighted by Crippen LogP contribution is 2.21. The molecule has 1 aliphatic heterocycles. The largest absolute Gasteiger partial charge is 0.342 e. The molecule has 1 saturated heterocycles. The molecule has 2 heterocycles. The van der Waals surface area contributed by atoms with Gasteiger partial charge in [0.05, 0.1) is 5.92 Å². The van der Waals surface area contributed by atoms with Gasteiger partial charge < -0.3 is 9.80 Å². The molecular formula is C20H23N3O2. The number of benzene rings is 1. The van der Waals surface area contributed by atoms with Crippen LogP contribution in [-0.4, -0.2) is 46.7 Å². The number of hydrogen-bond acceptors (Lipinski definition) is 3. The first-order valence-electron chi connectivity index (χ1n) is 8.59. The van der Waals surface area contributed by atoms with Gasteiger partial charge in [-0.3, -0.25) is 14.6 Å². The molecule has 2 amide bonds. The molecule has 130 valence electrons. The van der Waals surface area contributed by atoms with Gasteiger partial charge in [-0.15, -0.1) is 0 Å². The number of rotatable bonds is 6. The van der Waals surface area contributed by atoms with Crippen molar-refractivity contribution in [2.24, 2.45) is 5.92 Å². The van der Waals surface area contributed by atoms with E-state index in [-0.39, 0.29) is 17.7 Å². The third-order valence-electron chi connectivity index (χ3n) is 4.62. The van der Waals surface area contributed by atoms with E-state index in [0.29, 0.717) is 26.1 Å². The van der Waals surface area contributed by atoms with Gasteiger partial charge in [-0.05, 0) is 29.7 Å². The van der Waals surface area contributed by atoms with Crippen molar-refractivity contribution in [1.29, 1.82) is 0 Å². The summed E-state index contributed by atoms with van der Waals surface area (Å²) in [6, 6.07) is 13.9. The van der Waals surface area contributed by atoms with E-state index in [1.807, 2.05) is 35.2 Å². The number of pyridine rings is 1. The Labute approximate surface area is 148 Å². The zero-order valence-electron chi connectivity index (χ0n) is 14.5. The number of carbonyl (C=O) groups is 2. The van der Waals surface area contributed by atoms with Crippen LogP contribution in [0.15, 0.2) is 54.9 Å². The minimum atomic E-state index is -0.241. The molecule has 5 nitrogen and oxygen atoms in total. The smallest absolute Gasteiger partial charge is 0.228 e. The minimum absolute atomic E-state index is 0.0346. The van der Waals surface area contributed by atoms with E-state index < -0.39 is 0 Å². The Hall–Kier alpha value is -2.69. The second-order valence-corrected chi connectivity index (χ2v) is 6.53. The van der Waals surface area contributed by atoms with Crippen molar-refractivity contribution < 1.29 is 9.59 Å². The molecule has 5 heteroatoms. The molecule has 1 unspecified atom stereocenters. The summed E-state index contributed by atoms with van der Waals surface area (Å²) in [4.78, 5) is 32.4. The van der Waals surface area contributed by atoms with Crippen LogP contribution in [0.1, 0.15) is 17.5 Å². The van der Waals surface area contributed by atoms with Crippen molar-refractivity contribution >= 4 is 11.8 Å². The predicted molar refractivity (Wildman–Crippen MR) is 95.5 cm³/mol. The van der Waals surface area contributed by atoms with Crippen LogP contribution in [0.5, 0.6) is 0 Å². The standard InChI is InChI=1S/C20H23N3O2/c1-22(14-17-7-10-21-11-8-17)20(25)18-13-19(24)23(15-18)12-9-16-5-3-2-4-6-16/h2-8,10-11,18H,9,12-15H2,1H3. The van der Waals surface area contributed by atoms with Crippen LogP contribution >= 0.6 is 0 Å². The highest BCUT2D eigenvalue weighted by Gasteiger charge is 2.35. The topological polar surface area (TPSA) is 53.5 Å². The molecule has 1 aromatic carbocycles. The first-order valence-corrected chi connectivity index (χ1v) is 8.59. The molecule has 0 saturated carbocycles. The summed E-state index contributed by atoms with van der Waals surface area (Å²) in [6.07, 6.45) is 4.57. The second-order valence-electron chi connectivity index (χ2n) is 6.53. The summed E-state index contributed by atoms with van der Waals surface area (Å²) in [5, 5.41) is 0. The van der Waals surface area contributed by atoms with Gasteiger partial charge in [-0.2, -0.15) is 0 Å². The van der Waals surface area contributed by atoms with Crippen LogP contribution in [0.25, 0.3) is 0 Å². The molecule has 0 bridgehead atoms. The Morgan fingerprint density at radius 1 is 1.16 bits per heavy atom. The third-order valence-corrected chi connectivity index (χ3v) is 4.62. The van der Waals surface area contributed by atoms with Gasteiger partial charge in [-0.25, -0.2) is 0 Å². The molecular weight excluding hydrogens is 314 g/mol. The molecule has 25 heavy (non-hydrogen) atoms. The molecule has 0 N–H and O–H groups in total. The van der Waals surface area contributed by atoms with Gasteiger partial charge in [0, 0.05) is 45.5 Å². The summed E-state index contributed by atoms with van der Waals surface area (Å²) >= 11 is 0. The van der Waals surface area contributed by atoms with E-state index in [1.165, 1.54) is 5.56 Å². The lowest BCUT2D eigenvalue weighted by atomic mass is 10.1. The lowest BCUT2D eigenvalue weighted by molar-refractivity contribution is -0.135. The van der Waals surface area contributed by atoms with Crippen LogP contribution in [-0.2, 0) is 22.6 Å². The number of carbonyl (C=O) groups excluding carboxylic acids is 2. The van der Waals surface area contributed by atoms with E-state index >= 15 is 0 Å². The Kier molecular flexibility index (Phi) is 5.43. The molecule has 2 aromatic rings. The van der Waals surface area contributed by atoms with Crippen molar-refractivity contribution in [3.05, 3.63) is 66.0 Å². The molecule has 1 aliphatic rings. The zero-order valence-corrected chi connectivity index (χ0v) is 14.5. The van der Waals surface area contributed by atoms with Crippen molar-refractivity contribution in [3.63, 3.8) is 0 Å². The minimum Gasteiger partial charge on any atom is -0.342 e. The lowest BCUT2D eigenvalue weighted by Crippen LogP contribution is -2.34. The monoisotopic (exact) mass is 337 g/mol. The maximum Gasteiger partial charge on any atom is 0.228 e. The number of nitrogens with zero attached hydrogens (tertiary/aromatic N) is 3. The number of hydrogen-bond donors (Lipinski definition) is 0. The van der Waals surface area contributed by atoms with Gasteiger partial charge in [0.15, 0.2) is 0 Å². The third kappa shape index (κ3) is 4.44. The zero-order chi connectivity index (χ0) is 17.6. The maximum atomic E-state index is 12.6. The van der Waals surface area contributed by atoms with Gasteiger partial charge in [0.1, 0.15) is 0 Å². The SMILES string of the molecule is CN(Cc1ccncc1)C(=O)C1CC(=O)N(CCc2ccccc2)C1. The summed E-state index contributed by atoms with van der Waals surface area (Å²) in [7, 11) is 1.79. The summed E-state index contributed by atoms with van der Waals surface area (Å²) in [6.45, 7) is 1.72. The number of aromatic nitrogens is 1. The lowest BCUT2D eigenvalue weighted by Gasteiger charge is -2.21. The quantitative estimate of drug-likeness (QED) is 0.811. The number of likely N-dealkylation sites (tertiary alicyclic amines) is 1. The van der Waals surface area contributed by atoms with Crippen LogP contribution < -0.4 is 0 Å². The van der Waals surface area contributed by atoms with Crippen LogP contribution in [0.4, 0.5) is 0 Å². The van der Waals surface area contributed by atoms with E-state index in [9.17, 15) is 9.59 Å². The molecule has 0 spiro atoms. The fraction of sp³-hybridized carbons (Fsp3) is 0.350. The summed E-state index contributed by atoms with van der Waals surface area (Å²) in [5.74, 6) is -0.130. The molecule has 0 radical (unpaired) electrons. The van der Waals surface area contributed by atoms with Crippen molar-refractivity contribution in [2.45, 2.75) is 19.4 Å². The normalized spacial score (nSPS) is 16.9. The Bertz CT molecular complexity index is 718. The van der Waals surface area contributed by atoms with E-state index in [0.717, 1.165) is 12.0 Å². The molecule has 1 atom stereocenters. The average Bonchev–Trinajstić information content (AvgIpc) is 3.02. The highest BCUT2D eigenvalue weighted by atomic mass is 16.2. The van der Waals surface area contributed by atoms with Gasteiger partial charge in [0.2, 0.25) is 11.8 Å². The Balaban J connectivity index is 1.53. The van der Waals surface area contributed by atoms with Crippen molar-refractivity contribution in [1.82, 2.24) is 14.8 Å². The van der Waals surface area contributed by atoms with Crippen LogP contribution in [0, 0.1) is 5.92 Å². The highest BCUT2D eigenvalue weighted by molar-refractivity contribution is 5.89. The summed E-state index contributed by atoms with van der Waals surface area (Å²) < 4.78 is 0. The van der Waals surface area contributed by atoms with Crippen molar-refractivity contribution in [2.75, 3.05) is 20.1 Å².